The Hall–Kier alpha value is -2.10. The van der Waals surface area contributed by atoms with Gasteiger partial charge in [-0.3, -0.25) is 4.79 Å². The molecule has 0 spiro atoms. The van der Waals surface area contributed by atoms with Crippen LogP contribution in [0.15, 0.2) is 24.3 Å². The third-order valence-corrected chi connectivity index (χ3v) is 3.22. The van der Waals surface area contributed by atoms with Gasteiger partial charge in [0.2, 0.25) is 5.91 Å². The van der Waals surface area contributed by atoms with Gasteiger partial charge in [0, 0.05) is 25.2 Å². The summed E-state index contributed by atoms with van der Waals surface area (Å²) in [5.74, 6) is -0.828. The van der Waals surface area contributed by atoms with E-state index in [-0.39, 0.29) is 5.91 Å². The summed E-state index contributed by atoms with van der Waals surface area (Å²) in [5, 5.41) is 8.73. The fraction of sp³-hybridized carbons (Fsp3) is 0.286. The van der Waals surface area contributed by atoms with Crippen molar-refractivity contribution >= 4 is 23.1 Å². The number of rotatable bonds is 2. The van der Waals surface area contributed by atoms with Crippen molar-refractivity contribution in [2.75, 3.05) is 11.9 Å². The van der Waals surface area contributed by atoms with Crippen molar-refractivity contribution in [3.63, 3.8) is 0 Å². The van der Waals surface area contributed by atoms with Gasteiger partial charge in [0.05, 0.1) is 0 Å². The van der Waals surface area contributed by atoms with Crippen molar-refractivity contribution in [3.8, 4) is 0 Å². The number of aliphatic carboxylic acids is 1. The fourth-order valence-corrected chi connectivity index (χ4v) is 2.17. The predicted molar refractivity (Wildman–Crippen MR) is 69.5 cm³/mol. The van der Waals surface area contributed by atoms with Crippen LogP contribution in [0, 0.1) is 0 Å². The summed E-state index contributed by atoms with van der Waals surface area (Å²) in [6, 6.07) is 5.69. The molecular formula is C14H15NO3. The second-order valence-electron chi connectivity index (χ2n) is 4.46. The van der Waals surface area contributed by atoms with Gasteiger partial charge in [-0.1, -0.05) is 6.07 Å². The number of carboxylic acids is 1. The lowest BCUT2D eigenvalue weighted by Gasteiger charge is -2.26. The van der Waals surface area contributed by atoms with Gasteiger partial charge in [0.25, 0.3) is 0 Å². The molecule has 1 aromatic rings. The Bertz CT molecular complexity index is 546. The number of hydrogen-bond acceptors (Lipinski definition) is 2. The molecule has 2 rings (SSSR count). The summed E-state index contributed by atoms with van der Waals surface area (Å²) in [7, 11) is 1.76. The molecule has 0 atom stereocenters. The van der Waals surface area contributed by atoms with Gasteiger partial charge >= 0.3 is 5.97 Å². The van der Waals surface area contributed by atoms with Crippen LogP contribution in [-0.4, -0.2) is 24.0 Å². The lowest BCUT2D eigenvalue weighted by atomic mass is 9.96. The van der Waals surface area contributed by atoms with E-state index in [9.17, 15) is 9.59 Å². The summed E-state index contributed by atoms with van der Waals surface area (Å²) in [6.07, 6.45) is 2.42. The molecule has 4 heteroatoms. The SMILES string of the molecule is C/C(=C\C(=O)O)c1ccc2c(c1)CCC(=O)N2C. The molecule has 0 aromatic heterocycles. The van der Waals surface area contributed by atoms with E-state index in [2.05, 4.69) is 0 Å². The zero-order valence-electron chi connectivity index (χ0n) is 10.4. The lowest BCUT2D eigenvalue weighted by Crippen LogP contribution is -2.31. The fourth-order valence-electron chi connectivity index (χ4n) is 2.17. The minimum absolute atomic E-state index is 0.119. The van der Waals surface area contributed by atoms with Crippen molar-refractivity contribution in [1.29, 1.82) is 0 Å². The first-order chi connectivity index (χ1) is 8.49. The van der Waals surface area contributed by atoms with Crippen molar-refractivity contribution < 1.29 is 14.7 Å². The van der Waals surface area contributed by atoms with E-state index in [0.29, 0.717) is 18.4 Å². The van der Waals surface area contributed by atoms with Gasteiger partial charge < -0.3 is 10.0 Å². The molecular weight excluding hydrogens is 230 g/mol. The van der Waals surface area contributed by atoms with Crippen LogP contribution in [0.4, 0.5) is 5.69 Å². The molecule has 1 N–H and O–H groups in total. The Kier molecular flexibility index (Phi) is 3.19. The van der Waals surface area contributed by atoms with E-state index in [1.165, 1.54) is 6.08 Å². The highest BCUT2D eigenvalue weighted by molar-refractivity contribution is 5.96. The number of anilines is 1. The maximum Gasteiger partial charge on any atom is 0.328 e. The largest absolute Gasteiger partial charge is 0.478 e. The monoisotopic (exact) mass is 245 g/mol. The van der Waals surface area contributed by atoms with E-state index >= 15 is 0 Å². The predicted octanol–water partition coefficient (Wildman–Crippen LogP) is 2.08. The number of nitrogens with zero attached hydrogens (tertiary/aromatic N) is 1. The van der Waals surface area contributed by atoms with Gasteiger partial charge in [0.15, 0.2) is 0 Å². The van der Waals surface area contributed by atoms with E-state index < -0.39 is 5.97 Å². The number of carbonyl (C=O) groups is 2. The van der Waals surface area contributed by atoms with Crippen LogP contribution >= 0.6 is 0 Å². The van der Waals surface area contributed by atoms with Crippen LogP contribution in [0.5, 0.6) is 0 Å². The molecule has 0 bridgehead atoms. The van der Waals surface area contributed by atoms with Gasteiger partial charge in [-0.25, -0.2) is 4.79 Å². The highest BCUT2D eigenvalue weighted by atomic mass is 16.4. The highest BCUT2D eigenvalue weighted by Crippen LogP contribution is 2.29. The van der Waals surface area contributed by atoms with Crippen molar-refractivity contribution in [1.82, 2.24) is 0 Å². The standard InChI is InChI=1S/C14H15NO3/c1-9(7-14(17)18)10-3-5-12-11(8-10)4-6-13(16)15(12)2/h3,5,7-8H,4,6H2,1-2H3,(H,17,18)/b9-7+. The average molecular weight is 245 g/mol. The number of hydrogen-bond donors (Lipinski definition) is 1. The number of amides is 1. The number of aryl methyl sites for hydroxylation is 1. The molecule has 1 aliphatic rings. The Morgan fingerprint density at radius 2 is 2.11 bits per heavy atom. The smallest absolute Gasteiger partial charge is 0.328 e. The molecule has 1 aliphatic heterocycles. The zero-order valence-corrected chi connectivity index (χ0v) is 10.4. The molecule has 0 radical (unpaired) electrons. The second-order valence-corrected chi connectivity index (χ2v) is 4.46. The second kappa shape index (κ2) is 4.64. The normalized spacial score (nSPS) is 15.6. The summed E-state index contributed by atoms with van der Waals surface area (Å²) in [6.45, 7) is 1.77. The minimum Gasteiger partial charge on any atom is -0.478 e. The summed E-state index contributed by atoms with van der Waals surface area (Å²) >= 11 is 0. The number of carboxylic acid groups (broad SMARTS) is 1. The number of allylic oxidation sites excluding steroid dienone is 1. The number of fused-ring (bicyclic) bond motifs is 1. The molecule has 94 valence electrons. The minimum atomic E-state index is -0.947. The van der Waals surface area contributed by atoms with Crippen LogP contribution in [0.25, 0.3) is 5.57 Å². The summed E-state index contributed by atoms with van der Waals surface area (Å²) in [4.78, 5) is 23.8. The number of carbonyl (C=O) groups excluding carboxylic acids is 1. The maximum atomic E-state index is 11.6. The maximum absolute atomic E-state index is 11.6. The molecule has 1 aromatic carbocycles. The average Bonchev–Trinajstić information content (AvgIpc) is 2.32. The Morgan fingerprint density at radius 3 is 2.78 bits per heavy atom. The van der Waals surface area contributed by atoms with E-state index in [4.69, 9.17) is 5.11 Å². The molecule has 0 saturated heterocycles. The number of benzene rings is 1. The first kappa shape index (κ1) is 12.4. The molecule has 18 heavy (non-hydrogen) atoms. The van der Waals surface area contributed by atoms with Crippen LogP contribution in [0.2, 0.25) is 0 Å². The van der Waals surface area contributed by atoms with Crippen molar-refractivity contribution in [2.45, 2.75) is 19.8 Å². The Labute approximate surface area is 106 Å². The Balaban J connectivity index is 2.40. The Morgan fingerprint density at radius 1 is 1.39 bits per heavy atom. The molecule has 0 aliphatic carbocycles. The van der Waals surface area contributed by atoms with Gasteiger partial charge in [-0.15, -0.1) is 0 Å². The zero-order chi connectivity index (χ0) is 13.3. The third kappa shape index (κ3) is 2.27. The van der Waals surface area contributed by atoms with Crippen LogP contribution in [0.3, 0.4) is 0 Å². The topological polar surface area (TPSA) is 57.6 Å². The van der Waals surface area contributed by atoms with Crippen molar-refractivity contribution in [2.24, 2.45) is 0 Å². The van der Waals surface area contributed by atoms with Crippen molar-refractivity contribution in [3.05, 3.63) is 35.4 Å². The van der Waals surface area contributed by atoms with Crippen LogP contribution in [0.1, 0.15) is 24.5 Å². The van der Waals surface area contributed by atoms with Crippen LogP contribution < -0.4 is 4.90 Å². The van der Waals surface area contributed by atoms with E-state index in [1.807, 2.05) is 18.2 Å². The molecule has 0 fully saturated rings. The lowest BCUT2D eigenvalue weighted by molar-refractivity contribution is -0.131. The molecule has 1 amide bonds. The molecule has 1 heterocycles. The van der Waals surface area contributed by atoms with E-state index in [0.717, 1.165) is 16.8 Å². The molecule has 0 saturated carbocycles. The van der Waals surface area contributed by atoms with Gasteiger partial charge in [0.1, 0.15) is 0 Å². The first-order valence-corrected chi connectivity index (χ1v) is 5.80. The van der Waals surface area contributed by atoms with E-state index in [1.54, 1.807) is 18.9 Å². The highest BCUT2D eigenvalue weighted by Gasteiger charge is 2.20. The van der Waals surface area contributed by atoms with Gasteiger partial charge in [-0.2, -0.15) is 0 Å². The summed E-state index contributed by atoms with van der Waals surface area (Å²) < 4.78 is 0. The third-order valence-electron chi connectivity index (χ3n) is 3.22. The summed E-state index contributed by atoms with van der Waals surface area (Å²) in [5.41, 5.74) is 3.61. The molecule has 4 nitrogen and oxygen atoms in total. The first-order valence-electron chi connectivity index (χ1n) is 5.80. The molecule has 0 unspecified atom stereocenters. The van der Waals surface area contributed by atoms with Crippen LogP contribution in [-0.2, 0) is 16.0 Å². The quantitative estimate of drug-likeness (QED) is 0.811. The van der Waals surface area contributed by atoms with Gasteiger partial charge in [-0.05, 0) is 42.2 Å².